The minimum atomic E-state index is -0.434. The first kappa shape index (κ1) is 34.3. The summed E-state index contributed by atoms with van der Waals surface area (Å²) >= 11 is 0. The molecule has 0 atom stereocenters. The average molecular weight is 803 g/mol. The molecule has 0 aliphatic heterocycles. The van der Waals surface area contributed by atoms with Crippen LogP contribution in [0, 0.1) is 0 Å². The molecule has 14 rings (SSSR count). The lowest BCUT2D eigenvalue weighted by atomic mass is 9.70. The van der Waals surface area contributed by atoms with Crippen LogP contribution in [0.4, 0.5) is 0 Å². The molecular formula is C58H34N4O. The number of para-hydroxylation sites is 1. The van der Waals surface area contributed by atoms with Crippen LogP contribution in [0.3, 0.4) is 0 Å². The molecule has 0 unspecified atom stereocenters. The maximum absolute atomic E-state index is 6.91. The molecule has 0 saturated carbocycles. The smallest absolute Gasteiger partial charge is 0.238 e. The first-order valence-corrected chi connectivity index (χ1v) is 21.4. The molecule has 0 fully saturated rings. The Morgan fingerprint density at radius 3 is 1.57 bits per heavy atom. The van der Waals surface area contributed by atoms with Gasteiger partial charge in [0.1, 0.15) is 11.2 Å². The summed E-state index contributed by atoms with van der Waals surface area (Å²) in [6.07, 6.45) is 0. The van der Waals surface area contributed by atoms with Crippen molar-refractivity contribution in [3.05, 3.63) is 229 Å². The summed E-state index contributed by atoms with van der Waals surface area (Å²) in [5.74, 6) is 1.83. The summed E-state index contributed by atoms with van der Waals surface area (Å²) in [4.78, 5) is 15.3. The van der Waals surface area contributed by atoms with Gasteiger partial charge in [-0.15, -0.1) is 0 Å². The first-order valence-electron chi connectivity index (χ1n) is 21.4. The van der Waals surface area contributed by atoms with Crippen LogP contribution in [0.2, 0.25) is 0 Å². The Balaban J connectivity index is 0.981. The predicted molar refractivity (Wildman–Crippen MR) is 254 cm³/mol. The van der Waals surface area contributed by atoms with Crippen molar-refractivity contribution in [3.8, 4) is 62.1 Å². The number of furan rings is 1. The third-order valence-electron chi connectivity index (χ3n) is 13.5. The van der Waals surface area contributed by atoms with Crippen molar-refractivity contribution in [1.29, 1.82) is 0 Å². The van der Waals surface area contributed by atoms with Gasteiger partial charge in [0.25, 0.3) is 0 Å². The Bertz CT molecular complexity index is 3760. The molecule has 0 saturated heterocycles. The Morgan fingerprint density at radius 1 is 0.349 bits per heavy atom. The molecule has 0 amide bonds. The number of benzene rings is 9. The molecule has 292 valence electrons. The van der Waals surface area contributed by atoms with Gasteiger partial charge in [-0.05, 0) is 92.0 Å². The van der Waals surface area contributed by atoms with E-state index < -0.39 is 5.41 Å². The van der Waals surface area contributed by atoms with Crippen LogP contribution in [0.1, 0.15) is 22.3 Å². The van der Waals surface area contributed by atoms with Crippen LogP contribution in [-0.2, 0) is 5.41 Å². The molecule has 9 aromatic carbocycles. The van der Waals surface area contributed by atoms with Gasteiger partial charge >= 0.3 is 0 Å². The zero-order valence-electron chi connectivity index (χ0n) is 33.8. The van der Waals surface area contributed by atoms with E-state index in [1.165, 1.54) is 44.5 Å². The van der Waals surface area contributed by atoms with Gasteiger partial charge in [0.15, 0.2) is 11.6 Å². The van der Waals surface area contributed by atoms with E-state index in [1.54, 1.807) is 0 Å². The maximum Gasteiger partial charge on any atom is 0.238 e. The van der Waals surface area contributed by atoms with Crippen LogP contribution in [-0.4, -0.2) is 19.5 Å². The van der Waals surface area contributed by atoms with Crippen LogP contribution < -0.4 is 0 Å². The Morgan fingerprint density at radius 2 is 0.905 bits per heavy atom. The van der Waals surface area contributed by atoms with Gasteiger partial charge < -0.3 is 4.42 Å². The van der Waals surface area contributed by atoms with Crippen molar-refractivity contribution < 1.29 is 4.42 Å². The summed E-state index contributed by atoms with van der Waals surface area (Å²) in [7, 11) is 0. The minimum Gasteiger partial charge on any atom is -0.456 e. The number of rotatable bonds is 4. The third kappa shape index (κ3) is 4.68. The number of hydrogen-bond acceptors (Lipinski definition) is 4. The van der Waals surface area contributed by atoms with E-state index in [4.69, 9.17) is 19.4 Å². The Labute approximate surface area is 362 Å². The molecule has 2 aliphatic rings. The van der Waals surface area contributed by atoms with Crippen LogP contribution in [0.5, 0.6) is 0 Å². The molecule has 63 heavy (non-hydrogen) atoms. The molecule has 5 nitrogen and oxygen atoms in total. The maximum atomic E-state index is 6.91. The second-order valence-electron chi connectivity index (χ2n) is 16.7. The monoisotopic (exact) mass is 802 g/mol. The fourth-order valence-electron chi connectivity index (χ4n) is 10.9. The fourth-order valence-corrected chi connectivity index (χ4v) is 10.9. The number of hydrogen-bond donors (Lipinski definition) is 0. The van der Waals surface area contributed by atoms with E-state index in [0.29, 0.717) is 17.6 Å². The second kappa shape index (κ2) is 12.8. The van der Waals surface area contributed by atoms with E-state index >= 15 is 0 Å². The van der Waals surface area contributed by atoms with Gasteiger partial charge in [-0.1, -0.05) is 170 Å². The van der Waals surface area contributed by atoms with Crippen molar-refractivity contribution >= 4 is 43.7 Å². The molecule has 3 aromatic heterocycles. The second-order valence-corrected chi connectivity index (χ2v) is 16.7. The molecule has 2 aliphatic carbocycles. The highest BCUT2D eigenvalue weighted by Gasteiger charge is 2.51. The normalized spacial score (nSPS) is 13.2. The Hall–Kier alpha value is -8.41. The van der Waals surface area contributed by atoms with Crippen molar-refractivity contribution in [3.63, 3.8) is 0 Å². The standard InChI is InChI=1S/C58H34N4O/c1-3-16-35(17-4-1)55-59-56(36-18-5-2-6-19-36)61-57(60-55)62-50-28-14-10-23-42(50)44-32-37(30-31-51(44)62)38-24-15-29-52-54(38)45-33-43-41-22-9-13-27-48(41)58(49(43)34-53(45)63-52)46-25-11-7-20-39(46)40-21-8-12-26-47(40)58/h1-34H. The van der Waals surface area contributed by atoms with E-state index in [0.717, 1.165) is 66.0 Å². The third-order valence-corrected chi connectivity index (χ3v) is 13.5. The number of fused-ring (bicyclic) bond motifs is 16. The predicted octanol–water partition coefficient (Wildman–Crippen LogP) is 14.2. The molecule has 0 N–H and O–H groups in total. The SMILES string of the molecule is c1ccc(-c2nc(-c3ccccc3)nc(-n3c4ccccc4c4cc(-c5cccc6oc7cc8c(cc7c56)-c5ccccc5C85c6ccccc6-c6ccccc65)ccc43)n2)cc1. The van der Waals surface area contributed by atoms with E-state index in [-0.39, 0.29) is 0 Å². The van der Waals surface area contributed by atoms with E-state index in [2.05, 4.69) is 150 Å². The van der Waals surface area contributed by atoms with Gasteiger partial charge in [-0.25, -0.2) is 4.98 Å². The highest BCUT2D eigenvalue weighted by molar-refractivity contribution is 6.16. The van der Waals surface area contributed by atoms with Gasteiger partial charge in [0.2, 0.25) is 5.95 Å². The molecule has 1 spiro atoms. The van der Waals surface area contributed by atoms with Gasteiger partial charge in [-0.3, -0.25) is 4.57 Å². The van der Waals surface area contributed by atoms with Crippen molar-refractivity contribution in [1.82, 2.24) is 19.5 Å². The first-order chi connectivity index (χ1) is 31.2. The van der Waals surface area contributed by atoms with Crippen molar-refractivity contribution in [2.24, 2.45) is 0 Å². The molecule has 0 bridgehead atoms. The lowest BCUT2D eigenvalue weighted by molar-refractivity contribution is 0.666. The lowest BCUT2D eigenvalue weighted by Crippen LogP contribution is -2.25. The summed E-state index contributed by atoms with van der Waals surface area (Å²) in [6.45, 7) is 0. The van der Waals surface area contributed by atoms with Gasteiger partial charge in [0, 0.05) is 32.7 Å². The van der Waals surface area contributed by atoms with Crippen molar-refractivity contribution in [2.75, 3.05) is 0 Å². The Kier molecular flexibility index (Phi) is 6.97. The summed E-state index contributed by atoms with van der Waals surface area (Å²) in [5.41, 5.74) is 17.8. The van der Waals surface area contributed by atoms with Gasteiger partial charge in [-0.2, -0.15) is 9.97 Å². The van der Waals surface area contributed by atoms with Gasteiger partial charge in [0.05, 0.1) is 16.4 Å². The zero-order valence-corrected chi connectivity index (χ0v) is 33.8. The van der Waals surface area contributed by atoms with Crippen LogP contribution >= 0.6 is 0 Å². The van der Waals surface area contributed by atoms with E-state index in [1.807, 2.05) is 60.7 Å². The van der Waals surface area contributed by atoms with Crippen LogP contribution in [0.25, 0.3) is 106 Å². The number of nitrogens with zero attached hydrogens (tertiary/aromatic N) is 4. The highest BCUT2D eigenvalue weighted by Crippen LogP contribution is 2.63. The number of aromatic nitrogens is 4. The topological polar surface area (TPSA) is 56.7 Å². The lowest BCUT2D eigenvalue weighted by Gasteiger charge is -2.30. The minimum absolute atomic E-state index is 0.434. The van der Waals surface area contributed by atoms with Crippen molar-refractivity contribution in [2.45, 2.75) is 5.41 Å². The van der Waals surface area contributed by atoms with Crippen LogP contribution in [0.15, 0.2) is 211 Å². The summed E-state index contributed by atoms with van der Waals surface area (Å²) in [6, 6.07) is 73.6. The summed E-state index contributed by atoms with van der Waals surface area (Å²) in [5, 5.41) is 4.46. The quantitative estimate of drug-likeness (QED) is 0.178. The largest absolute Gasteiger partial charge is 0.456 e. The molecule has 12 aromatic rings. The summed E-state index contributed by atoms with van der Waals surface area (Å²) < 4.78 is 9.09. The average Bonchev–Trinajstić information content (AvgIpc) is 4.07. The molecule has 3 heterocycles. The molecular weight excluding hydrogens is 769 g/mol. The molecule has 0 radical (unpaired) electrons. The fraction of sp³-hybridized carbons (Fsp3) is 0.0172. The van der Waals surface area contributed by atoms with E-state index in [9.17, 15) is 0 Å². The zero-order chi connectivity index (χ0) is 41.2. The molecule has 5 heteroatoms. The highest BCUT2D eigenvalue weighted by atomic mass is 16.3.